The van der Waals surface area contributed by atoms with E-state index in [0.717, 1.165) is 20.5 Å². The van der Waals surface area contributed by atoms with Crippen LogP contribution in [-0.4, -0.2) is 9.95 Å². The predicted molar refractivity (Wildman–Crippen MR) is 70.2 cm³/mol. The molecule has 1 rings (SSSR count). The molecule has 0 saturated carbocycles. The zero-order valence-electron chi connectivity index (χ0n) is 7.87. The number of allylic oxidation sites excluding steroid dienone is 1. The van der Waals surface area contributed by atoms with Crippen LogP contribution >= 0.6 is 35.6 Å². The molecule has 0 unspecified atom stereocenters. The van der Waals surface area contributed by atoms with Gasteiger partial charge in [0.05, 0.1) is 4.20 Å². The molecule has 1 aromatic rings. The summed E-state index contributed by atoms with van der Waals surface area (Å²) in [6, 6.07) is 10.0. The van der Waals surface area contributed by atoms with Gasteiger partial charge in [0.2, 0.25) is 0 Å². The van der Waals surface area contributed by atoms with Crippen molar-refractivity contribution in [3.05, 3.63) is 47.0 Å². The molecule has 74 valence electrons. The molecular weight excluding hydrogens is 232 g/mol. The third kappa shape index (κ3) is 4.27. The topological polar surface area (TPSA) is 0 Å². The first-order valence-electron chi connectivity index (χ1n) is 4.24. The van der Waals surface area contributed by atoms with Crippen molar-refractivity contribution in [2.45, 2.75) is 6.92 Å². The lowest BCUT2D eigenvalue weighted by atomic mass is 10.2. The maximum atomic E-state index is 5.71. The van der Waals surface area contributed by atoms with Crippen molar-refractivity contribution in [2.24, 2.45) is 0 Å². The molecule has 0 saturated heterocycles. The monoisotopic (exact) mass is 242 g/mol. The Morgan fingerprint density at radius 2 is 2.07 bits per heavy atom. The molecule has 14 heavy (non-hydrogen) atoms. The van der Waals surface area contributed by atoms with Gasteiger partial charge in [-0.2, -0.15) is 0 Å². The summed E-state index contributed by atoms with van der Waals surface area (Å²) < 4.78 is 0.916. The second-order valence-corrected chi connectivity index (χ2v) is 5.05. The molecule has 0 aliphatic heterocycles. The first-order chi connectivity index (χ1) is 6.70. The third-order valence-corrected chi connectivity index (χ3v) is 3.16. The summed E-state index contributed by atoms with van der Waals surface area (Å²) in [5.41, 5.74) is 1.10. The fourth-order valence-corrected chi connectivity index (χ4v) is 2.19. The molecular formula is C11H11ClS2. The second kappa shape index (κ2) is 6.23. The van der Waals surface area contributed by atoms with Crippen molar-refractivity contribution in [3.8, 4) is 0 Å². The zero-order valence-corrected chi connectivity index (χ0v) is 10.3. The summed E-state index contributed by atoms with van der Waals surface area (Å²) >= 11 is 12.6. The molecule has 0 aliphatic rings. The second-order valence-electron chi connectivity index (χ2n) is 2.76. The molecule has 0 fully saturated rings. The lowest BCUT2D eigenvalue weighted by molar-refractivity contribution is 1.60. The highest BCUT2D eigenvalue weighted by Crippen LogP contribution is 2.14. The Morgan fingerprint density at radius 3 is 2.64 bits per heavy atom. The van der Waals surface area contributed by atoms with E-state index in [1.807, 2.05) is 43.3 Å². The van der Waals surface area contributed by atoms with Gasteiger partial charge < -0.3 is 0 Å². The Labute approximate surface area is 99.4 Å². The number of hydrogen-bond donors (Lipinski definition) is 0. The number of thiocarbonyl (C=S) groups is 1. The first kappa shape index (κ1) is 11.8. The van der Waals surface area contributed by atoms with Crippen molar-refractivity contribution >= 4 is 39.8 Å². The van der Waals surface area contributed by atoms with Crippen LogP contribution in [0.25, 0.3) is 0 Å². The average molecular weight is 243 g/mol. The number of rotatable bonds is 3. The molecule has 0 aliphatic carbocycles. The Hall–Kier alpha value is -0.310. The van der Waals surface area contributed by atoms with Gasteiger partial charge in [-0.1, -0.05) is 60.2 Å². The third-order valence-electron chi connectivity index (χ3n) is 1.59. The molecule has 0 nitrogen and oxygen atoms in total. The van der Waals surface area contributed by atoms with E-state index in [4.69, 9.17) is 23.8 Å². The largest absolute Gasteiger partial charge is 0.110 e. The smallest absolute Gasteiger partial charge is 0.0781 e. The van der Waals surface area contributed by atoms with Gasteiger partial charge in [0.1, 0.15) is 0 Å². The summed E-state index contributed by atoms with van der Waals surface area (Å²) in [6.45, 7) is 1.87. The van der Waals surface area contributed by atoms with Crippen molar-refractivity contribution in [1.82, 2.24) is 0 Å². The maximum Gasteiger partial charge on any atom is 0.0781 e. The van der Waals surface area contributed by atoms with Gasteiger partial charge in [-0.05, 0) is 12.5 Å². The van der Waals surface area contributed by atoms with E-state index < -0.39 is 0 Å². The summed E-state index contributed by atoms with van der Waals surface area (Å²) in [5, 5.41) is 0.813. The van der Waals surface area contributed by atoms with Crippen LogP contribution in [0.5, 0.6) is 0 Å². The number of benzene rings is 1. The van der Waals surface area contributed by atoms with Crippen LogP contribution in [0.2, 0.25) is 0 Å². The van der Waals surface area contributed by atoms with Crippen LogP contribution in [0.1, 0.15) is 12.5 Å². The highest BCUT2D eigenvalue weighted by Gasteiger charge is 1.98. The standard InChI is InChI=1S/C11H11ClS2/c1-9(12)7-8-14-11(13)10-5-3-2-4-6-10/h2-7H,8H2,1H3. The van der Waals surface area contributed by atoms with Crippen LogP contribution < -0.4 is 0 Å². The SMILES string of the molecule is CC(Cl)=CCSC(=S)c1ccccc1. The van der Waals surface area contributed by atoms with Gasteiger partial charge >= 0.3 is 0 Å². The Balaban J connectivity index is 2.48. The van der Waals surface area contributed by atoms with Gasteiger partial charge in [-0.3, -0.25) is 0 Å². The van der Waals surface area contributed by atoms with E-state index in [1.54, 1.807) is 11.8 Å². The van der Waals surface area contributed by atoms with E-state index in [9.17, 15) is 0 Å². The van der Waals surface area contributed by atoms with Gasteiger partial charge in [0.25, 0.3) is 0 Å². The number of thioether (sulfide) groups is 1. The van der Waals surface area contributed by atoms with E-state index in [0.29, 0.717) is 0 Å². The van der Waals surface area contributed by atoms with E-state index >= 15 is 0 Å². The Kier molecular flexibility index (Phi) is 5.23. The molecule has 0 bridgehead atoms. The maximum absolute atomic E-state index is 5.71. The molecule has 0 heterocycles. The fraction of sp³-hybridized carbons (Fsp3) is 0.182. The van der Waals surface area contributed by atoms with E-state index in [2.05, 4.69) is 0 Å². The Bertz CT molecular complexity index is 326. The van der Waals surface area contributed by atoms with Crippen LogP contribution in [0.4, 0.5) is 0 Å². The van der Waals surface area contributed by atoms with Crippen molar-refractivity contribution in [1.29, 1.82) is 0 Å². The van der Waals surface area contributed by atoms with Crippen molar-refractivity contribution < 1.29 is 0 Å². The molecule has 1 aromatic carbocycles. The molecule has 0 N–H and O–H groups in total. The summed E-state index contributed by atoms with van der Waals surface area (Å²) in [5.74, 6) is 0.836. The zero-order chi connectivity index (χ0) is 10.4. The van der Waals surface area contributed by atoms with E-state index in [1.165, 1.54) is 0 Å². The van der Waals surface area contributed by atoms with E-state index in [-0.39, 0.29) is 0 Å². The van der Waals surface area contributed by atoms with Gasteiger partial charge in [0.15, 0.2) is 0 Å². The molecule has 0 radical (unpaired) electrons. The van der Waals surface area contributed by atoms with Crippen LogP contribution in [0.3, 0.4) is 0 Å². The normalized spacial score (nSPS) is 11.4. The molecule has 0 spiro atoms. The molecule has 0 aromatic heterocycles. The summed E-state index contributed by atoms with van der Waals surface area (Å²) in [7, 11) is 0. The van der Waals surface area contributed by atoms with Crippen molar-refractivity contribution in [3.63, 3.8) is 0 Å². The predicted octanol–water partition coefficient (Wildman–Crippen LogP) is 4.24. The van der Waals surface area contributed by atoms with Crippen LogP contribution in [-0.2, 0) is 0 Å². The van der Waals surface area contributed by atoms with Crippen LogP contribution in [0.15, 0.2) is 41.4 Å². The minimum Gasteiger partial charge on any atom is -0.110 e. The Morgan fingerprint density at radius 1 is 1.43 bits per heavy atom. The molecule has 3 heteroatoms. The van der Waals surface area contributed by atoms with Crippen molar-refractivity contribution in [2.75, 3.05) is 5.75 Å². The van der Waals surface area contributed by atoms with Gasteiger partial charge in [0, 0.05) is 10.8 Å². The minimum atomic E-state index is 0.813. The number of halogens is 1. The van der Waals surface area contributed by atoms with Crippen LogP contribution in [0, 0.1) is 0 Å². The highest BCUT2D eigenvalue weighted by molar-refractivity contribution is 8.23. The first-order valence-corrected chi connectivity index (χ1v) is 6.02. The molecule has 0 atom stereocenters. The summed E-state index contributed by atoms with van der Waals surface area (Å²) in [6.07, 6.45) is 1.96. The van der Waals surface area contributed by atoms with Gasteiger partial charge in [-0.15, -0.1) is 11.8 Å². The molecule has 0 amide bonds. The minimum absolute atomic E-state index is 0.813. The van der Waals surface area contributed by atoms with Gasteiger partial charge in [-0.25, -0.2) is 0 Å². The average Bonchev–Trinajstić information content (AvgIpc) is 2.18. The fourth-order valence-electron chi connectivity index (χ4n) is 0.890. The number of hydrogen-bond acceptors (Lipinski definition) is 2. The summed E-state index contributed by atoms with van der Waals surface area (Å²) in [4.78, 5) is 0. The highest BCUT2D eigenvalue weighted by atomic mass is 35.5. The lowest BCUT2D eigenvalue weighted by Gasteiger charge is -2.00. The quantitative estimate of drug-likeness (QED) is 0.728. The lowest BCUT2D eigenvalue weighted by Crippen LogP contribution is -1.91.